The number of benzene rings is 1. The fourth-order valence-corrected chi connectivity index (χ4v) is 2.23. The maximum atomic E-state index is 13.2. The molecule has 0 saturated heterocycles. The number of carbonyl (C=O) groups is 1. The molecule has 23 heavy (non-hydrogen) atoms. The number of pyridine rings is 1. The molecule has 0 radical (unpaired) electrons. The Morgan fingerprint density at radius 3 is 2.65 bits per heavy atom. The predicted molar refractivity (Wildman–Crippen MR) is 82.2 cm³/mol. The minimum Gasteiger partial charge on any atom is -0.321 e. The molecule has 0 aliphatic carbocycles. The van der Waals surface area contributed by atoms with Crippen molar-refractivity contribution in [2.45, 2.75) is 19.9 Å². The highest BCUT2D eigenvalue weighted by molar-refractivity contribution is 6.04. The highest BCUT2D eigenvalue weighted by atomic mass is 19.2. The molecule has 0 aliphatic rings. The molecule has 2 aromatic heterocycles. The van der Waals surface area contributed by atoms with E-state index in [1.165, 1.54) is 12.3 Å². The van der Waals surface area contributed by atoms with Gasteiger partial charge in [-0.3, -0.25) is 4.79 Å². The van der Waals surface area contributed by atoms with Crippen molar-refractivity contribution in [1.29, 1.82) is 0 Å². The van der Waals surface area contributed by atoms with Crippen molar-refractivity contribution in [1.82, 2.24) is 14.8 Å². The molecule has 0 unspecified atom stereocenters. The van der Waals surface area contributed by atoms with Crippen molar-refractivity contribution >= 4 is 22.6 Å². The maximum Gasteiger partial charge on any atom is 0.255 e. The summed E-state index contributed by atoms with van der Waals surface area (Å²) in [7, 11) is 0. The lowest BCUT2D eigenvalue weighted by atomic mass is 10.2. The summed E-state index contributed by atoms with van der Waals surface area (Å²) in [6, 6.07) is 4.89. The smallest absolute Gasteiger partial charge is 0.255 e. The van der Waals surface area contributed by atoms with Crippen LogP contribution in [0, 0.1) is 11.6 Å². The average Bonchev–Trinajstić information content (AvgIpc) is 2.93. The van der Waals surface area contributed by atoms with E-state index in [1.54, 1.807) is 16.9 Å². The Morgan fingerprint density at radius 2 is 1.96 bits per heavy atom. The van der Waals surface area contributed by atoms with E-state index in [0.29, 0.717) is 11.3 Å². The van der Waals surface area contributed by atoms with Crippen LogP contribution in [0.4, 0.5) is 14.5 Å². The van der Waals surface area contributed by atoms with Crippen molar-refractivity contribution in [2.24, 2.45) is 0 Å². The summed E-state index contributed by atoms with van der Waals surface area (Å²) in [4.78, 5) is 16.4. The third kappa shape index (κ3) is 2.90. The predicted octanol–water partition coefficient (Wildman–Crippen LogP) is 3.54. The van der Waals surface area contributed by atoms with Gasteiger partial charge in [0.25, 0.3) is 5.91 Å². The third-order valence-corrected chi connectivity index (χ3v) is 3.36. The van der Waals surface area contributed by atoms with Crippen LogP contribution in [0.1, 0.15) is 30.2 Å². The van der Waals surface area contributed by atoms with E-state index in [2.05, 4.69) is 15.4 Å². The Morgan fingerprint density at radius 1 is 1.17 bits per heavy atom. The van der Waals surface area contributed by atoms with Gasteiger partial charge in [0.05, 0.1) is 18.1 Å². The Labute approximate surface area is 130 Å². The first kappa shape index (κ1) is 15.1. The zero-order valence-corrected chi connectivity index (χ0v) is 12.5. The van der Waals surface area contributed by atoms with Crippen LogP contribution in [0.5, 0.6) is 0 Å². The second-order valence-electron chi connectivity index (χ2n) is 5.40. The van der Waals surface area contributed by atoms with E-state index >= 15 is 0 Å². The Balaban J connectivity index is 1.86. The number of aromatic nitrogens is 3. The van der Waals surface area contributed by atoms with Gasteiger partial charge in [0.2, 0.25) is 0 Å². The number of fused-ring (bicyclic) bond motifs is 1. The largest absolute Gasteiger partial charge is 0.321 e. The summed E-state index contributed by atoms with van der Waals surface area (Å²) in [5, 5.41) is 7.63. The van der Waals surface area contributed by atoms with E-state index in [0.717, 1.165) is 17.5 Å². The first-order valence-corrected chi connectivity index (χ1v) is 7.05. The third-order valence-electron chi connectivity index (χ3n) is 3.36. The van der Waals surface area contributed by atoms with Crippen molar-refractivity contribution in [2.75, 3.05) is 5.32 Å². The van der Waals surface area contributed by atoms with Gasteiger partial charge in [-0.15, -0.1) is 0 Å². The molecule has 0 spiro atoms. The molecule has 7 heteroatoms. The van der Waals surface area contributed by atoms with E-state index < -0.39 is 17.5 Å². The summed E-state index contributed by atoms with van der Waals surface area (Å²) in [5.41, 5.74) is 1.20. The zero-order chi connectivity index (χ0) is 16.6. The van der Waals surface area contributed by atoms with Crippen LogP contribution in [-0.2, 0) is 0 Å². The van der Waals surface area contributed by atoms with Crippen LogP contribution in [0.3, 0.4) is 0 Å². The normalized spacial score (nSPS) is 11.2. The summed E-state index contributed by atoms with van der Waals surface area (Å²) in [6.07, 6.45) is 3.16. The number of hydrogen-bond donors (Lipinski definition) is 1. The molecule has 118 valence electrons. The van der Waals surface area contributed by atoms with E-state index in [-0.39, 0.29) is 11.6 Å². The second kappa shape index (κ2) is 5.75. The van der Waals surface area contributed by atoms with Crippen LogP contribution in [0.15, 0.2) is 36.7 Å². The van der Waals surface area contributed by atoms with Crippen molar-refractivity contribution in [3.8, 4) is 0 Å². The Bertz CT molecular complexity index is 889. The molecular formula is C16H14F2N4O. The van der Waals surface area contributed by atoms with Crippen LogP contribution in [-0.4, -0.2) is 20.7 Å². The van der Waals surface area contributed by atoms with Crippen molar-refractivity contribution in [3.05, 3.63) is 53.9 Å². The molecule has 0 atom stereocenters. The van der Waals surface area contributed by atoms with Gasteiger partial charge >= 0.3 is 0 Å². The van der Waals surface area contributed by atoms with Crippen LogP contribution < -0.4 is 5.32 Å². The molecule has 1 aromatic carbocycles. The number of rotatable bonds is 3. The number of nitrogens with zero attached hydrogens (tertiary/aromatic N) is 3. The van der Waals surface area contributed by atoms with Gasteiger partial charge in [-0.25, -0.2) is 18.4 Å². The zero-order valence-electron chi connectivity index (χ0n) is 12.5. The fraction of sp³-hybridized carbons (Fsp3) is 0.188. The van der Waals surface area contributed by atoms with Gasteiger partial charge in [-0.05, 0) is 38.1 Å². The van der Waals surface area contributed by atoms with E-state index in [9.17, 15) is 13.6 Å². The molecule has 3 aromatic rings. The number of carbonyl (C=O) groups excluding carboxylic acids is 1. The molecular weight excluding hydrogens is 302 g/mol. The molecule has 1 N–H and O–H groups in total. The lowest BCUT2D eigenvalue weighted by Gasteiger charge is -2.08. The lowest BCUT2D eigenvalue weighted by molar-refractivity contribution is 0.102. The quantitative estimate of drug-likeness (QED) is 0.804. The van der Waals surface area contributed by atoms with Gasteiger partial charge in [0.15, 0.2) is 17.3 Å². The van der Waals surface area contributed by atoms with Gasteiger partial charge in [0, 0.05) is 17.0 Å². The molecule has 0 fully saturated rings. The Hall–Kier alpha value is -2.83. The highest BCUT2D eigenvalue weighted by Crippen LogP contribution is 2.19. The number of hydrogen-bond acceptors (Lipinski definition) is 3. The number of anilines is 1. The first-order chi connectivity index (χ1) is 11.0. The standard InChI is InChI=1S/C16H14F2N4O/c1-9(2)22-15-11(7-20-22)5-12(8-19-15)21-16(23)10-3-4-13(17)14(18)6-10/h3-9H,1-2H3,(H,21,23). The van der Waals surface area contributed by atoms with Crippen LogP contribution in [0.2, 0.25) is 0 Å². The van der Waals surface area contributed by atoms with Crippen LogP contribution in [0.25, 0.3) is 11.0 Å². The van der Waals surface area contributed by atoms with Gasteiger partial charge < -0.3 is 5.32 Å². The molecule has 0 saturated carbocycles. The number of halogens is 2. The van der Waals surface area contributed by atoms with E-state index in [4.69, 9.17) is 0 Å². The molecule has 1 amide bonds. The lowest BCUT2D eigenvalue weighted by Crippen LogP contribution is -2.12. The highest BCUT2D eigenvalue weighted by Gasteiger charge is 2.12. The SMILES string of the molecule is CC(C)n1ncc2cc(NC(=O)c3ccc(F)c(F)c3)cnc21. The maximum absolute atomic E-state index is 13.2. The van der Waals surface area contributed by atoms with Crippen LogP contribution >= 0.6 is 0 Å². The minimum atomic E-state index is -1.07. The summed E-state index contributed by atoms with van der Waals surface area (Å²) in [6.45, 7) is 3.99. The topological polar surface area (TPSA) is 59.8 Å². The number of amides is 1. The summed E-state index contributed by atoms with van der Waals surface area (Å²) < 4.78 is 27.9. The van der Waals surface area contributed by atoms with Crippen molar-refractivity contribution < 1.29 is 13.6 Å². The number of nitrogens with one attached hydrogen (secondary N) is 1. The molecule has 2 heterocycles. The monoisotopic (exact) mass is 316 g/mol. The molecule has 5 nitrogen and oxygen atoms in total. The van der Waals surface area contributed by atoms with Crippen molar-refractivity contribution in [3.63, 3.8) is 0 Å². The second-order valence-corrected chi connectivity index (χ2v) is 5.40. The molecule has 0 bridgehead atoms. The van der Waals surface area contributed by atoms with Gasteiger partial charge in [-0.2, -0.15) is 5.10 Å². The summed E-state index contributed by atoms with van der Waals surface area (Å²) >= 11 is 0. The molecule has 0 aliphatic heterocycles. The fourth-order valence-electron chi connectivity index (χ4n) is 2.23. The van der Waals surface area contributed by atoms with Gasteiger partial charge in [0.1, 0.15) is 0 Å². The minimum absolute atomic E-state index is 0.0295. The first-order valence-electron chi connectivity index (χ1n) is 7.05. The average molecular weight is 316 g/mol. The Kier molecular flexibility index (Phi) is 3.77. The molecule has 3 rings (SSSR count). The van der Waals surface area contributed by atoms with E-state index in [1.807, 2.05) is 13.8 Å². The van der Waals surface area contributed by atoms with Gasteiger partial charge in [-0.1, -0.05) is 0 Å². The summed E-state index contributed by atoms with van der Waals surface area (Å²) in [5.74, 6) is -2.60.